The predicted molar refractivity (Wildman–Crippen MR) is 40.3 cm³/mol. The Balaban J connectivity index is 2.40. The number of amides is 1. The third-order valence-electron chi connectivity index (χ3n) is 1.68. The molecule has 0 N–H and O–H groups in total. The minimum Gasteiger partial charge on any atom is -0.339 e. The Morgan fingerprint density at radius 1 is 1.40 bits per heavy atom. The lowest BCUT2D eigenvalue weighted by Crippen LogP contribution is -2.25. The largest absolute Gasteiger partial charge is 0.339 e. The maximum atomic E-state index is 11.0. The Bertz CT molecular complexity index is 145. The lowest BCUT2D eigenvalue weighted by molar-refractivity contribution is -0.124. The first kappa shape index (κ1) is 7.32. The number of nitrogens with zero attached hydrogens (tertiary/aromatic N) is 1. The molecule has 55 valence electrons. The van der Waals surface area contributed by atoms with Crippen molar-refractivity contribution >= 4 is 5.91 Å². The van der Waals surface area contributed by atoms with Crippen LogP contribution in [0, 0.1) is 6.92 Å². The summed E-state index contributed by atoms with van der Waals surface area (Å²) in [5, 5.41) is 0. The fourth-order valence-electron chi connectivity index (χ4n) is 1.14. The molecule has 1 heterocycles. The summed E-state index contributed by atoms with van der Waals surface area (Å²) >= 11 is 0. The van der Waals surface area contributed by atoms with Gasteiger partial charge in [0.1, 0.15) is 0 Å². The lowest BCUT2D eigenvalue weighted by Gasteiger charge is -2.11. The van der Waals surface area contributed by atoms with Gasteiger partial charge in [0.15, 0.2) is 0 Å². The summed E-state index contributed by atoms with van der Waals surface area (Å²) in [6.07, 6.45) is 5.36. The van der Waals surface area contributed by atoms with E-state index in [1.54, 1.807) is 6.08 Å². The summed E-state index contributed by atoms with van der Waals surface area (Å²) in [6, 6.07) is 0. The molecule has 0 aromatic heterocycles. The lowest BCUT2D eigenvalue weighted by atomic mass is 10.4. The summed E-state index contributed by atoms with van der Waals surface area (Å²) < 4.78 is 0. The smallest absolute Gasteiger partial charge is 0.246 e. The Labute approximate surface area is 61.5 Å². The third kappa shape index (κ3) is 1.59. The van der Waals surface area contributed by atoms with Gasteiger partial charge >= 0.3 is 0 Å². The third-order valence-corrected chi connectivity index (χ3v) is 1.68. The highest BCUT2D eigenvalue weighted by atomic mass is 16.2. The molecular weight excluding hydrogens is 126 g/mol. The molecule has 1 aliphatic heterocycles. The van der Waals surface area contributed by atoms with E-state index in [0.29, 0.717) is 0 Å². The van der Waals surface area contributed by atoms with Crippen molar-refractivity contribution in [1.82, 2.24) is 4.90 Å². The standard InChI is InChI=1S/C8H12NO/c1-2-5-8(10)9-6-3-4-7-9/h2,5H,1,3-4,6-7H2/b5-2+. The monoisotopic (exact) mass is 138 g/mol. The molecule has 0 atom stereocenters. The fourth-order valence-corrected chi connectivity index (χ4v) is 1.14. The van der Waals surface area contributed by atoms with Gasteiger partial charge in [0.25, 0.3) is 0 Å². The zero-order chi connectivity index (χ0) is 7.40. The topological polar surface area (TPSA) is 20.3 Å². The molecular formula is C8H12NO. The summed E-state index contributed by atoms with van der Waals surface area (Å²) in [5.41, 5.74) is 0. The van der Waals surface area contributed by atoms with E-state index in [1.807, 2.05) is 4.90 Å². The van der Waals surface area contributed by atoms with Gasteiger partial charge in [-0.15, -0.1) is 0 Å². The molecule has 2 heteroatoms. The van der Waals surface area contributed by atoms with Gasteiger partial charge in [-0.05, 0) is 25.8 Å². The van der Waals surface area contributed by atoms with E-state index in [9.17, 15) is 4.79 Å². The van der Waals surface area contributed by atoms with Gasteiger partial charge in [-0.3, -0.25) is 4.79 Å². The van der Waals surface area contributed by atoms with Gasteiger partial charge in [-0.25, -0.2) is 0 Å². The van der Waals surface area contributed by atoms with Crippen LogP contribution < -0.4 is 0 Å². The quantitative estimate of drug-likeness (QED) is 0.495. The van der Waals surface area contributed by atoms with Crippen LogP contribution in [-0.2, 0) is 4.79 Å². The van der Waals surface area contributed by atoms with Crippen LogP contribution in [0.2, 0.25) is 0 Å². The van der Waals surface area contributed by atoms with Crippen molar-refractivity contribution in [2.24, 2.45) is 0 Å². The Kier molecular flexibility index (Phi) is 2.49. The highest BCUT2D eigenvalue weighted by Gasteiger charge is 2.14. The van der Waals surface area contributed by atoms with Gasteiger partial charge in [-0.2, -0.15) is 0 Å². The highest BCUT2D eigenvalue weighted by Crippen LogP contribution is 2.07. The van der Waals surface area contributed by atoms with Gasteiger partial charge in [0.05, 0.1) is 0 Å². The van der Waals surface area contributed by atoms with Crippen LogP contribution in [-0.4, -0.2) is 23.9 Å². The maximum absolute atomic E-state index is 11.0. The first-order valence-corrected chi connectivity index (χ1v) is 3.59. The van der Waals surface area contributed by atoms with Crippen molar-refractivity contribution in [3.63, 3.8) is 0 Å². The molecule has 0 aliphatic carbocycles. The van der Waals surface area contributed by atoms with Crippen LogP contribution in [0.25, 0.3) is 0 Å². The van der Waals surface area contributed by atoms with Crippen LogP contribution in [0.4, 0.5) is 0 Å². The predicted octanol–water partition coefficient (Wildman–Crippen LogP) is 0.999. The molecule has 0 spiro atoms. The van der Waals surface area contributed by atoms with E-state index in [2.05, 4.69) is 6.92 Å². The first-order chi connectivity index (χ1) is 4.84. The van der Waals surface area contributed by atoms with Crippen molar-refractivity contribution in [3.05, 3.63) is 19.1 Å². The summed E-state index contributed by atoms with van der Waals surface area (Å²) in [6.45, 7) is 5.31. The van der Waals surface area contributed by atoms with E-state index in [0.717, 1.165) is 25.9 Å². The normalized spacial score (nSPS) is 18.7. The molecule has 0 saturated carbocycles. The molecule has 1 fully saturated rings. The maximum Gasteiger partial charge on any atom is 0.246 e. The number of hydrogen-bond acceptors (Lipinski definition) is 1. The number of rotatable bonds is 1. The second-order valence-electron chi connectivity index (χ2n) is 2.43. The molecule has 0 aromatic rings. The molecule has 0 unspecified atom stereocenters. The van der Waals surface area contributed by atoms with E-state index >= 15 is 0 Å². The summed E-state index contributed by atoms with van der Waals surface area (Å²) in [4.78, 5) is 12.9. The van der Waals surface area contributed by atoms with Crippen LogP contribution in [0.1, 0.15) is 12.8 Å². The Morgan fingerprint density at radius 2 is 2.00 bits per heavy atom. The van der Waals surface area contributed by atoms with Crippen LogP contribution in [0.15, 0.2) is 12.2 Å². The molecule has 1 rings (SSSR count). The van der Waals surface area contributed by atoms with Crippen molar-refractivity contribution in [1.29, 1.82) is 0 Å². The fraction of sp³-hybridized carbons (Fsp3) is 0.500. The van der Waals surface area contributed by atoms with E-state index < -0.39 is 0 Å². The minimum atomic E-state index is 0.104. The molecule has 2 nitrogen and oxygen atoms in total. The zero-order valence-electron chi connectivity index (χ0n) is 6.05. The van der Waals surface area contributed by atoms with Crippen LogP contribution in [0.5, 0.6) is 0 Å². The van der Waals surface area contributed by atoms with Crippen molar-refractivity contribution in [3.8, 4) is 0 Å². The van der Waals surface area contributed by atoms with Gasteiger partial charge < -0.3 is 4.90 Å². The van der Waals surface area contributed by atoms with Gasteiger partial charge in [0.2, 0.25) is 5.91 Å². The number of carbonyl (C=O) groups is 1. The van der Waals surface area contributed by atoms with E-state index in [1.165, 1.54) is 6.08 Å². The second-order valence-corrected chi connectivity index (χ2v) is 2.43. The van der Waals surface area contributed by atoms with Crippen LogP contribution in [0.3, 0.4) is 0 Å². The number of allylic oxidation sites excluding steroid dienone is 1. The number of hydrogen-bond donors (Lipinski definition) is 0. The number of likely N-dealkylation sites (tertiary alicyclic amines) is 1. The van der Waals surface area contributed by atoms with E-state index in [-0.39, 0.29) is 5.91 Å². The van der Waals surface area contributed by atoms with Gasteiger partial charge in [0, 0.05) is 13.1 Å². The molecule has 1 saturated heterocycles. The van der Waals surface area contributed by atoms with Crippen molar-refractivity contribution < 1.29 is 4.79 Å². The molecule has 0 bridgehead atoms. The Hall–Kier alpha value is -0.790. The number of carbonyl (C=O) groups excluding carboxylic acids is 1. The second kappa shape index (κ2) is 3.40. The van der Waals surface area contributed by atoms with E-state index in [4.69, 9.17) is 0 Å². The van der Waals surface area contributed by atoms with Crippen molar-refractivity contribution in [2.75, 3.05) is 13.1 Å². The van der Waals surface area contributed by atoms with Gasteiger partial charge in [-0.1, -0.05) is 6.08 Å². The zero-order valence-corrected chi connectivity index (χ0v) is 6.05. The molecule has 0 aromatic carbocycles. The van der Waals surface area contributed by atoms with Crippen LogP contribution >= 0.6 is 0 Å². The molecule has 1 aliphatic rings. The summed E-state index contributed by atoms with van der Waals surface area (Å²) in [7, 11) is 0. The highest BCUT2D eigenvalue weighted by molar-refractivity contribution is 5.87. The minimum absolute atomic E-state index is 0.104. The molecule has 10 heavy (non-hydrogen) atoms. The molecule has 1 amide bonds. The molecule has 1 radical (unpaired) electrons. The SMILES string of the molecule is [CH2]/C=C/C(=O)N1CCCC1. The van der Waals surface area contributed by atoms with Crippen molar-refractivity contribution in [2.45, 2.75) is 12.8 Å². The Morgan fingerprint density at radius 3 is 2.50 bits per heavy atom. The first-order valence-electron chi connectivity index (χ1n) is 3.59. The average molecular weight is 138 g/mol. The average Bonchev–Trinajstić information content (AvgIpc) is 2.38. The summed E-state index contributed by atoms with van der Waals surface area (Å²) in [5.74, 6) is 0.104.